The number of hydrogen-bond acceptors (Lipinski definition) is 3. The van der Waals surface area contributed by atoms with Crippen LogP contribution in [-0.2, 0) is 0 Å². The molecule has 0 radical (unpaired) electrons. The summed E-state index contributed by atoms with van der Waals surface area (Å²) in [6.07, 6.45) is 2.92. The van der Waals surface area contributed by atoms with Gasteiger partial charge in [-0.25, -0.2) is 0 Å². The highest BCUT2D eigenvalue weighted by Gasteiger charge is 2.19. The van der Waals surface area contributed by atoms with E-state index in [0.29, 0.717) is 0 Å². The van der Waals surface area contributed by atoms with E-state index in [2.05, 4.69) is 20.9 Å². The fourth-order valence-corrected chi connectivity index (χ4v) is 2.36. The monoisotopic (exact) mass is 321 g/mol. The van der Waals surface area contributed by atoms with Crippen LogP contribution in [0, 0.1) is 0 Å². The molecule has 0 aliphatic carbocycles. The van der Waals surface area contributed by atoms with Crippen LogP contribution in [0.2, 0.25) is 0 Å². The lowest BCUT2D eigenvalue weighted by Crippen LogP contribution is -2.08. The Hall–Kier alpha value is -1.39. The van der Waals surface area contributed by atoms with Crippen LogP contribution in [0.4, 0.5) is 0 Å². The van der Waals surface area contributed by atoms with Gasteiger partial charge >= 0.3 is 0 Å². The van der Waals surface area contributed by atoms with E-state index in [9.17, 15) is 5.11 Å². The molecule has 1 aromatic heterocycles. The Bertz CT molecular complexity index is 559. The average Bonchev–Trinajstić information content (AvgIpc) is 2.45. The van der Waals surface area contributed by atoms with Crippen molar-refractivity contribution in [3.05, 3.63) is 58.3 Å². The van der Waals surface area contributed by atoms with Crippen LogP contribution in [0.1, 0.15) is 30.1 Å². The van der Waals surface area contributed by atoms with E-state index in [-0.39, 0.29) is 5.92 Å². The normalized spacial score (nSPS) is 13.9. The van der Waals surface area contributed by atoms with Crippen molar-refractivity contribution in [2.24, 2.45) is 0 Å². The van der Waals surface area contributed by atoms with E-state index in [1.54, 1.807) is 19.5 Å². The molecule has 1 N–H and O–H groups in total. The van der Waals surface area contributed by atoms with E-state index in [1.165, 1.54) is 0 Å². The fourth-order valence-electron chi connectivity index (χ4n) is 1.97. The summed E-state index contributed by atoms with van der Waals surface area (Å²) < 4.78 is 6.09. The number of aliphatic hydroxyl groups excluding tert-OH is 1. The number of ether oxygens (including phenoxy) is 1. The Kier molecular flexibility index (Phi) is 4.56. The van der Waals surface area contributed by atoms with Crippen molar-refractivity contribution in [3.63, 3.8) is 0 Å². The fraction of sp³-hybridized carbons (Fsp3) is 0.267. The average molecular weight is 322 g/mol. The van der Waals surface area contributed by atoms with Crippen molar-refractivity contribution in [2.45, 2.75) is 18.9 Å². The van der Waals surface area contributed by atoms with Gasteiger partial charge in [-0.2, -0.15) is 0 Å². The third-order valence-corrected chi connectivity index (χ3v) is 3.59. The summed E-state index contributed by atoms with van der Waals surface area (Å²) in [6.45, 7) is 1.98. The van der Waals surface area contributed by atoms with Crippen LogP contribution in [0.25, 0.3) is 0 Å². The number of nitrogens with zero attached hydrogens (tertiary/aromatic N) is 1. The Morgan fingerprint density at radius 1 is 1.21 bits per heavy atom. The molecule has 0 aliphatic heterocycles. The van der Waals surface area contributed by atoms with Gasteiger partial charge in [-0.3, -0.25) is 4.98 Å². The zero-order valence-electron chi connectivity index (χ0n) is 10.9. The van der Waals surface area contributed by atoms with Crippen LogP contribution >= 0.6 is 15.9 Å². The first kappa shape index (κ1) is 14.0. The number of halogens is 1. The van der Waals surface area contributed by atoms with E-state index >= 15 is 0 Å². The highest BCUT2D eigenvalue weighted by atomic mass is 79.9. The van der Waals surface area contributed by atoms with E-state index < -0.39 is 6.10 Å². The van der Waals surface area contributed by atoms with Gasteiger partial charge in [-0.05, 0) is 45.3 Å². The maximum Gasteiger partial charge on any atom is 0.119 e. The second-order valence-electron chi connectivity index (χ2n) is 4.45. The lowest BCUT2D eigenvalue weighted by molar-refractivity contribution is 0.151. The zero-order valence-corrected chi connectivity index (χ0v) is 12.5. The number of hydrogen-bond donors (Lipinski definition) is 1. The molecule has 0 aliphatic rings. The van der Waals surface area contributed by atoms with Crippen LogP contribution in [0.15, 0.2) is 47.2 Å². The zero-order chi connectivity index (χ0) is 13.8. The predicted octanol–water partition coefficient (Wildman–Crippen LogP) is 3.69. The van der Waals surface area contributed by atoms with Crippen molar-refractivity contribution >= 4 is 15.9 Å². The lowest BCUT2D eigenvalue weighted by Gasteiger charge is -2.20. The van der Waals surface area contributed by atoms with E-state index in [0.717, 1.165) is 21.3 Å². The number of methoxy groups -OCH3 is 1. The first-order valence-electron chi connectivity index (χ1n) is 6.04. The van der Waals surface area contributed by atoms with Gasteiger partial charge in [0.05, 0.1) is 13.2 Å². The SMILES string of the molecule is COc1cccc([C@@H](O)[C@H](C)c2cncc(Br)c2)c1. The van der Waals surface area contributed by atoms with Gasteiger partial charge < -0.3 is 9.84 Å². The smallest absolute Gasteiger partial charge is 0.119 e. The first-order chi connectivity index (χ1) is 9.11. The maximum absolute atomic E-state index is 10.5. The van der Waals surface area contributed by atoms with Crippen LogP contribution in [-0.4, -0.2) is 17.2 Å². The Morgan fingerprint density at radius 3 is 2.68 bits per heavy atom. The Morgan fingerprint density at radius 2 is 2.00 bits per heavy atom. The summed E-state index contributed by atoms with van der Waals surface area (Å²) in [7, 11) is 1.62. The summed E-state index contributed by atoms with van der Waals surface area (Å²) in [5.74, 6) is 0.702. The quantitative estimate of drug-likeness (QED) is 0.933. The highest BCUT2D eigenvalue weighted by Crippen LogP contribution is 2.32. The molecule has 19 heavy (non-hydrogen) atoms. The van der Waals surface area contributed by atoms with Gasteiger partial charge in [-0.1, -0.05) is 19.1 Å². The minimum absolute atomic E-state index is 0.0443. The molecule has 2 aromatic rings. The minimum atomic E-state index is -0.591. The Labute approximate surface area is 121 Å². The molecular formula is C15H16BrNO2. The van der Waals surface area contributed by atoms with Gasteiger partial charge in [0.25, 0.3) is 0 Å². The molecule has 0 saturated heterocycles. The van der Waals surface area contributed by atoms with Crippen LogP contribution in [0.3, 0.4) is 0 Å². The molecular weight excluding hydrogens is 306 g/mol. The van der Waals surface area contributed by atoms with Crippen LogP contribution < -0.4 is 4.74 Å². The van der Waals surface area contributed by atoms with Gasteiger partial charge in [-0.15, -0.1) is 0 Å². The van der Waals surface area contributed by atoms with Gasteiger partial charge in [0.1, 0.15) is 5.75 Å². The van der Waals surface area contributed by atoms with Crippen molar-refractivity contribution in [1.82, 2.24) is 4.98 Å². The molecule has 3 nitrogen and oxygen atoms in total. The number of aromatic nitrogens is 1. The summed E-state index contributed by atoms with van der Waals surface area (Å²) >= 11 is 3.39. The molecule has 0 amide bonds. The largest absolute Gasteiger partial charge is 0.497 e. The van der Waals surface area contributed by atoms with Gasteiger partial charge in [0, 0.05) is 22.8 Å². The molecule has 1 heterocycles. The third kappa shape index (κ3) is 3.33. The molecule has 0 bridgehead atoms. The van der Waals surface area contributed by atoms with Gasteiger partial charge in [0.2, 0.25) is 0 Å². The van der Waals surface area contributed by atoms with Crippen molar-refractivity contribution in [1.29, 1.82) is 0 Å². The number of benzene rings is 1. The topological polar surface area (TPSA) is 42.4 Å². The number of pyridine rings is 1. The maximum atomic E-state index is 10.5. The molecule has 100 valence electrons. The van der Waals surface area contributed by atoms with E-state index in [4.69, 9.17) is 4.74 Å². The van der Waals surface area contributed by atoms with E-state index in [1.807, 2.05) is 37.3 Å². The molecule has 1 aromatic carbocycles. The minimum Gasteiger partial charge on any atom is -0.497 e. The molecule has 4 heteroatoms. The van der Waals surface area contributed by atoms with Gasteiger partial charge in [0.15, 0.2) is 0 Å². The van der Waals surface area contributed by atoms with Crippen molar-refractivity contribution < 1.29 is 9.84 Å². The third-order valence-electron chi connectivity index (χ3n) is 3.16. The summed E-state index contributed by atoms with van der Waals surface area (Å²) in [4.78, 5) is 4.13. The molecule has 0 spiro atoms. The number of rotatable bonds is 4. The Balaban J connectivity index is 2.25. The summed E-state index contributed by atoms with van der Waals surface area (Å²) in [5, 5.41) is 10.5. The molecule has 2 rings (SSSR count). The second-order valence-corrected chi connectivity index (χ2v) is 5.36. The summed E-state index contributed by atoms with van der Waals surface area (Å²) in [5.41, 5.74) is 1.83. The molecule has 2 atom stereocenters. The standard InChI is InChI=1S/C15H16BrNO2/c1-10(12-6-13(16)9-17-8-12)15(18)11-4-3-5-14(7-11)19-2/h3-10,15,18H,1-2H3/t10-,15+/m1/s1. The molecule has 0 unspecified atom stereocenters. The lowest BCUT2D eigenvalue weighted by atomic mass is 9.92. The molecule has 0 fully saturated rings. The predicted molar refractivity (Wildman–Crippen MR) is 78.3 cm³/mol. The first-order valence-corrected chi connectivity index (χ1v) is 6.83. The van der Waals surface area contributed by atoms with Crippen molar-refractivity contribution in [2.75, 3.05) is 7.11 Å². The van der Waals surface area contributed by atoms with Crippen LogP contribution in [0.5, 0.6) is 5.75 Å². The highest BCUT2D eigenvalue weighted by molar-refractivity contribution is 9.10. The van der Waals surface area contributed by atoms with Crippen molar-refractivity contribution in [3.8, 4) is 5.75 Å². The summed E-state index contributed by atoms with van der Waals surface area (Å²) in [6, 6.07) is 9.47. The molecule has 0 saturated carbocycles. The second kappa shape index (κ2) is 6.17. The number of aliphatic hydroxyl groups is 1.